The van der Waals surface area contributed by atoms with Crippen molar-refractivity contribution in [2.45, 2.75) is 32.7 Å². The minimum atomic E-state index is -0.813. The van der Waals surface area contributed by atoms with Gasteiger partial charge in [-0.05, 0) is 33.3 Å². The Kier molecular flexibility index (Phi) is 7.55. The predicted molar refractivity (Wildman–Crippen MR) is 105 cm³/mol. The first-order valence-corrected chi connectivity index (χ1v) is 10.2. The van der Waals surface area contributed by atoms with Gasteiger partial charge in [-0.3, -0.25) is 14.9 Å². The first kappa shape index (κ1) is 21.1. The Hall–Kier alpha value is -2.20. The molecule has 2 aromatic heterocycles. The van der Waals surface area contributed by atoms with Crippen molar-refractivity contribution >= 4 is 51.2 Å². The third-order valence-corrected chi connectivity index (χ3v) is 5.94. The second kappa shape index (κ2) is 9.65. The van der Waals surface area contributed by atoms with Gasteiger partial charge in [0.15, 0.2) is 0 Å². The van der Waals surface area contributed by atoms with Gasteiger partial charge in [-0.2, -0.15) is 0 Å². The van der Waals surface area contributed by atoms with Gasteiger partial charge >= 0.3 is 6.09 Å². The Morgan fingerprint density at radius 3 is 2.67 bits per heavy atom. The lowest BCUT2D eigenvalue weighted by atomic mass is 10.2. The number of aryl methyl sites for hydroxylation is 2. The van der Waals surface area contributed by atoms with E-state index in [0.717, 1.165) is 20.8 Å². The summed E-state index contributed by atoms with van der Waals surface area (Å²) < 4.78 is 4.66. The number of carbonyl (C=O) groups excluding carboxylic acids is 3. The number of imide groups is 1. The van der Waals surface area contributed by atoms with Crippen LogP contribution in [0.15, 0.2) is 11.4 Å². The van der Waals surface area contributed by atoms with E-state index in [1.165, 1.54) is 27.9 Å². The minimum absolute atomic E-state index is 0.140. The highest BCUT2D eigenvalue weighted by molar-refractivity contribution is 8.00. The molecule has 0 bridgehead atoms. The van der Waals surface area contributed by atoms with Crippen LogP contribution in [0.3, 0.4) is 0 Å². The van der Waals surface area contributed by atoms with Crippen LogP contribution < -0.4 is 5.32 Å². The van der Waals surface area contributed by atoms with Crippen LogP contribution in [0.4, 0.5) is 4.79 Å². The molecule has 2 rings (SSSR count). The van der Waals surface area contributed by atoms with Crippen LogP contribution in [-0.4, -0.2) is 58.2 Å². The van der Waals surface area contributed by atoms with Crippen molar-refractivity contribution < 1.29 is 19.1 Å². The molecule has 10 heteroatoms. The number of hydrogen-bond donors (Lipinski definition) is 1. The van der Waals surface area contributed by atoms with Crippen molar-refractivity contribution in [3.8, 4) is 0 Å². The Balaban J connectivity index is 1.99. The number of hydrogen-bond acceptors (Lipinski definition) is 8. The van der Waals surface area contributed by atoms with Gasteiger partial charge in [-0.25, -0.2) is 14.8 Å². The van der Waals surface area contributed by atoms with Gasteiger partial charge in [0.1, 0.15) is 22.7 Å². The Bertz CT molecular complexity index is 853. The first-order chi connectivity index (χ1) is 12.9. The number of ether oxygens (including phenoxy) is 1. The molecule has 0 aliphatic heterocycles. The molecule has 0 unspecified atom stereocenters. The zero-order chi connectivity index (χ0) is 20.0. The summed E-state index contributed by atoms with van der Waals surface area (Å²) in [6, 6.07) is 0. The van der Waals surface area contributed by atoms with Crippen LogP contribution in [0.25, 0.3) is 10.2 Å². The number of nitrogens with one attached hydrogen (secondary N) is 1. The molecule has 0 atom stereocenters. The smallest absolute Gasteiger partial charge is 0.413 e. The predicted octanol–water partition coefficient (Wildman–Crippen LogP) is 2.52. The maximum Gasteiger partial charge on any atom is 0.413 e. The molecule has 0 spiro atoms. The fourth-order valence-electron chi connectivity index (χ4n) is 2.35. The number of thioether (sulfide) groups is 1. The summed E-state index contributed by atoms with van der Waals surface area (Å²) in [5, 5.41) is 3.81. The summed E-state index contributed by atoms with van der Waals surface area (Å²) in [7, 11) is 0. The average Bonchev–Trinajstić information content (AvgIpc) is 2.92. The lowest BCUT2D eigenvalue weighted by molar-refractivity contribution is -0.133. The van der Waals surface area contributed by atoms with Gasteiger partial charge in [0.05, 0.1) is 12.4 Å². The number of rotatable bonds is 7. The van der Waals surface area contributed by atoms with Gasteiger partial charge in [-0.15, -0.1) is 11.3 Å². The van der Waals surface area contributed by atoms with Crippen molar-refractivity contribution in [3.63, 3.8) is 0 Å². The molecular weight excluding hydrogens is 388 g/mol. The molecule has 0 radical (unpaired) electrons. The number of alkyl carbamates (subject to hydrolysis) is 1. The largest absolute Gasteiger partial charge is 0.450 e. The van der Waals surface area contributed by atoms with Gasteiger partial charge in [-0.1, -0.05) is 11.8 Å². The summed E-state index contributed by atoms with van der Waals surface area (Å²) in [5.74, 6) is -0.652. The number of thiophene rings is 1. The summed E-state index contributed by atoms with van der Waals surface area (Å²) in [6.45, 7) is 7.78. The average molecular weight is 411 g/mol. The number of carbonyl (C=O) groups is 3. The molecule has 0 saturated heterocycles. The molecule has 0 fully saturated rings. The maximum absolute atomic E-state index is 12.5. The van der Waals surface area contributed by atoms with Crippen molar-refractivity contribution in [2.75, 3.05) is 25.4 Å². The molecular formula is C17H22N4O4S2. The van der Waals surface area contributed by atoms with Gasteiger partial charge in [0.25, 0.3) is 0 Å². The second-order valence-corrected chi connectivity index (χ2v) is 7.77. The number of nitrogens with zero attached hydrogens (tertiary/aromatic N) is 3. The van der Waals surface area contributed by atoms with Crippen LogP contribution in [-0.2, 0) is 14.3 Å². The number of aromatic nitrogens is 2. The monoisotopic (exact) mass is 410 g/mol. The van der Waals surface area contributed by atoms with E-state index in [0.29, 0.717) is 6.54 Å². The minimum Gasteiger partial charge on any atom is -0.450 e. The van der Waals surface area contributed by atoms with Gasteiger partial charge in [0.2, 0.25) is 11.8 Å². The Morgan fingerprint density at radius 1 is 1.26 bits per heavy atom. The summed E-state index contributed by atoms with van der Waals surface area (Å²) in [6.07, 6.45) is 0.682. The van der Waals surface area contributed by atoms with Gasteiger partial charge in [0, 0.05) is 16.8 Å². The highest BCUT2D eigenvalue weighted by Crippen LogP contribution is 2.34. The van der Waals surface area contributed by atoms with Crippen molar-refractivity contribution in [2.24, 2.45) is 0 Å². The highest BCUT2D eigenvalue weighted by atomic mass is 32.2. The molecule has 0 aliphatic carbocycles. The lowest BCUT2D eigenvalue weighted by Crippen LogP contribution is -2.43. The fraction of sp³-hybridized carbons (Fsp3) is 0.471. The van der Waals surface area contributed by atoms with Crippen LogP contribution in [0.2, 0.25) is 0 Å². The normalized spacial score (nSPS) is 10.7. The van der Waals surface area contributed by atoms with Crippen molar-refractivity contribution in [3.05, 3.63) is 16.8 Å². The molecule has 146 valence electrons. The number of fused-ring (bicyclic) bond motifs is 1. The highest BCUT2D eigenvalue weighted by Gasteiger charge is 2.19. The molecule has 0 aliphatic rings. The van der Waals surface area contributed by atoms with Crippen molar-refractivity contribution in [1.82, 2.24) is 20.2 Å². The summed E-state index contributed by atoms with van der Waals surface area (Å²) in [5.41, 5.74) is 1.12. The van der Waals surface area contributed by atoms with Crippen LogP contribution in [0.1, 0.15) is 24.3 Å². The SMILES string of the molecule is CCOC(=O)NC(=O)CN(CC)C(=O)CSc1ncnc2sc(C)c(C)c12. The standard InChI is InChI=1S/C17H22N4O4S2/c1-5-21(7-12(22)20-17(24)25-6-2)13(23)8-26-15-14-10(3)11(4)27-16(14)19-9-18-15/h9H,5-8H2,1-4H3,(H,20,22,24). The molecule has 0 aromatic carbocycles. The molecule has 8 nitrogen and oxygen atoms in total. The maximum atomic E-state index is 12.5. The molecule has 3 amide bonds. The van der Waals surface area contributed by atoms with E-state index in [4.69, 9.17) is 0 Å². The molecule has 1 N–H and O–H groups in total. The fourth-order valence-corrected chi connectivity index (χ4v) is 4.37. The van der Waals surface area contributed by atoms with E-state index in [1.54, 1.807) is 25.2 Å². The molecule has 0 saturated carbocycles. The Morgan fingerprint density at radius 2 is 2.00 bits per heavy atom. The van der Waals surface area contributed by atoms with Crippen LogP contribution in [0, 0.1) is 13.8 Å². The van der Waals surface area contributed by atoms with E-state index in [-0.39, 0.29) is 24.8 Å². The third-order valence-electron chi connectivity index (χ3n) is 3.85. The van der Waals surface area contributed by atoms with Crippen LogP contribution in [0.5, 0.6) is 0 Å². The second-order valence-electron chi connectivity index (χ2n) is 5.61. The zero-order valence-corrected chi connectivity index (χ0v) is 17.3. The quantitative estimate of drug-likeness (QED) is 0.553. The van der Waals surface area contributed by atoms with E-state index < -0.39 is 12.0 Å². The van der Waals surface area contributed by atoms with E-state index >= 15 is 0 Å². The van der Waals surface area contributed by atoms with Crippen molar-refractivity contribution in [1.29, 1.82) is 0 Å². The molecule has 2 heterocycles. The first-order valence-electron chi connectivity index (χ1n) is 8.45. The topological polar surface area (TPSA) is 101 Å². The molecule has 2 aromatic rings. The zero-order valence-electron chi connectivity index (χ0n) is 15.7. The third kappa shape index (κ3) is 5.39. The van der Waals surface area contributed by atoms with Crippen LogP contribution >= 0.6 is 23.1 Å². The van der Waals surface area contributed by atoms with E-state index in [1.807, 2.05) is 13.8 Å². The van der Waals surface area contributed by atoms with E-state index in [2.05, 4.69) is 20.0 Å². The summed E-state index contributed by atoms with van der Waals surface area (Å²) >= 11 is 2.92. The Labute approximate surface area is 165 Å². The lowest BCUT2D eigenvalue weighted by Gasteiger charge is -2.19. The molecule has 27 heavy (non-hydrogen) atoms. The van der Waals surface area contributed by atoms with Gasteiger partial charge < -0.3 is 9.64 Å². The number of likely N-dealkylation sites (N-methyl/N-ethyl adjacent to an activating group) is 1. The summed E-state index contributed by atoms with van der Waals surface area (Å²) in [4.78, 5) is 47.7. The van der Waals surface area contributed by atoms with E-state index in [9.17, 15) is 14.4 Å². The number of amides is 3.